The first kappa shape index (κ1) is 14.6. The minimum atomic E-state index is -0.786. The van der Waals surface area contributed by atoms with E-state index in [2.05, 4.69) is 26.8 Å². The van der Waals surface area contributed by atoms with Crippen molar-refractivity contribution in [2.24, 2.45) is 5.92 Å². The van der Waals surface area contributed by atoms with E-state index in [0.717, 1.165) is 6.54 Å². The number of carbonyl (C=O) groups is 1. The van der Waals surface area contributed by atoms with E-state index in [1.165, 1.54) is 4.90 Å². The van der Waals surface area contributed by atoms with Crippen molar-refractivity contribution in [3.8, 4) is 12.3 Å². The van der Waals surface area contributed by atoms with Crippen molar-refractivity contribution in [3.05, 3.63) is 35.9 Å². The summed E-state index contributed by atoms with van der Waals surface area (Å²) in [5, 5.41) is 0. The number of carbonyl (C=O) groups excluding carboxylic acids is 1. The number of benzene rings is 1. The molecule has 0 amide bonds. The standard InChI is InChI=1S/C17H21NO2/c1-5-17(11-14(3)18(4)12-13(17)2)20-16(19)15-9-7-6-8-10-15/h1,6-10,13-14H,11-12H2,2-4H3/p+1/t13-,14+,17+/m1/s1. The van der Waals surface area contributed by atoms with Crippen LogP contribution in [0, 0.1) is 18.3 Å². The highest BCUT2D eigenvalue weighted by atomic mass is 16.6. The molecule has 1 aromatic carbocycles. The number of quaternary nitrogens is 1. The van der Waals surface area contributed by atoms with Crippen molar-refractivity contribution in [2.45, 2.75) is 31.9 Å². The summed E-state index contributed by atoms with van der Waals surface area (Å²) in [6, 6.07) is 9.40. The Morgan fingerprint density at radius 2 is 2.05 bits per heavy atom. The molecule has 1 saturated heterocycles. The number of nitrogens with one attached hydrogen (secondary N) is 1. The largest absolute Gasteiger partial charge is 0.441 e. The monoisotopic (exact) mass is 272 g/mol. The number of terminal acetylenes is 1. The normalized spacial score (nSPS) is 33.2. The number of hydrogen-bond donors (Lipinski definition) is 1. The van der Waals surface area contributed by atoms with Gasteiger partial charge in [-0.15, -0.1) is 6.42 Å². The lowest BCUT2D eigenvalue weighted by Gasteiger charge is -2.42. The van der Waals surface area contributed by atoms with Crippen LogP contribution < -0.4 is 4.90 Å². The fraction of sp³-hybridized carbons (Fsp3) is 0.471. The van der Waals surface area contributed by atoms with Gasteiger partial charge in [0.1, 0.15) is 0 Å². The first-order chi connectivity index (χ1) is 9.48. The Balaban J connectivity index is 2.20. The third kappa shape index (κ3) is 2.71. The van der Waals surface area contributed by atoms with Crippen molar-refractivity contribution >= 4 is 5.97 Å². The van der Waals surface area contributed by atoms with Gasteiger partial charge in [-0.25, -0.2) is 4.79 Å². The lowest BCUT2D eigenvalue weighted by molar-refractivity contribution is -0.915. The van der Waals surface area contributed by atoms with Crippen LogP contribution in [0.5, 0.6) is 0 Å². The Hall–Kier alpha value is -1.79. The highest BCUT2D eigenvalue weighted by Crippen LogP contribution is 2.29. The molecular formula is C17H22NO2+. The van der Waals surface area contributed by atoms with Crippen LogP contribution in [0.2, 0.25) is 0 Å². The molecule has 1 fully saturated rings. The quantitative estimate of drug-likeness (QED) is 0.647. The zero-order valence-corrected chi connectivity index (χ0v) is 12.3. The molecule has 0 radical (unpaired) electrons. The van der Waals surface area contributed by atoms with Crippen molar-refractivity contribution in [1.82, 2.24) is 0 Å². The maximum Gasteiger partial charge on any atom is 0.339 e. The molecule has 2 rings (SSSR count). The predicted molar refractivity (Wildman–Crippen MR) is 78.4 cm³/mol. The second-order valence-electron chi connectivity index (χ2n) is 5.85. The van der Waals surface area contributed by atoms with Crippen LogP contribution >= 0.6 is 0 Å². The van der Waals surface area contributed by atoms with Gasteiger partial charge in [-0.1, -0.05) is 31.0 Å². The van der Waals surface area contributed by atoms with E-state index in [0.29, 0.717) is 18.0 Å². The maximum atomic E-state index is 12.3. The van der Waals surface area contributed by atoms with Crippen molar-refractivity contribution in [2.75, 3.05) is 13.6 Å². The lowest BCUT2D eigenvalue weighted by atomic mass is 9.79. The average molecular weight is 272 g/mol. The molecule has 1 unspecified atom stereocenters. The summed E-state index contributed by atoms with van der Waals surface area (Å²) in [6.45, 7) is 5.12. The van der Waals surface area contributed by atoms with Gasteiger partial charge < -0.3 is 9.64 Å². The minimum absolute atomic E-state index is 0.149. The molecule has 20 heavy (non-hydrogen) atoms. The third-order valence-corrected chi connectivity index (χ3v) is 4.40. The Kier molecular flexibility index (Phi) is 4.15. The molecule has 1 aliphatic heterocycles. The van der Waals surface area contributed by atoms with Crippen LogP contribution in [-0.4, -0.2) is 31.2 Å². The molecule has 3 nitrogen and oxygen atoms in total. The zero-order chi connectivity index (χ0) is 14.8. The molecule has 1 heterocycles. The molecule has 0 aromatic heterocycles. The summed E-state index contributed by atoms with van der Waals surface area (Å²) in [6.07, 6.45) is 6.43. The molecule has 1 aliphatic rings. The van der Waals surface area contributed by atoms with Gasteiger partial charge >= 0.3 is 5.97 Å². The summed E-state index contributed by atoms with van der Waals surface area (Å²) in [5.74, 6) is 2.58. The van der Waals surface area contributed by atoms with Crippen molar-refractivity contribution in [3.63, 3.8) is 0 Å². The second kappa shape index (κ2) is 5.68. The van der Waals surface area contributed by atoms with Crippen LogP contribution in [-0.2, 0) is 4.74 Å². The molecule has 3 heteroatoms. The molecule has 4 atom stereocenters. The molecule has 1 aromatic rings. The second-order valence-corrected chi connectivity index (χ2v) is 5.85. The topological polar surface area (TPSA) is 30.7 Å². The summed E-state index contributed by atoms with van der Waals surface area (Å²) >= 11 is 0. The Morgan fingerprint density at radius 1 is 1.40 bits per heavy atom. The van der Waals surface area contributed by atoms with E-state index in [-0.39, 0.29) is 11.9 Å². The van der Waals surface area contributed by atoms with Gasteiger partial charge in [-0.2, -0.15) is 0 Å². The summed E-state index contributed by atoms with van der Waals surface area (Å²) in [5.41, 5.74) is -0.237. The van der Waals surface area contributed by atoms with Crippen LogP contribution in [0.3, 0.4) is 0 Å². The molecule has 0 bridgehead atoms. The van der Waals surface area contributed by atoms with E-state index in [1.54, 1.807) is 12.1 Å². The maximum absolute atomic E-state index is 12.3. The fourth-order valence-corrected chi connectivity index (χ4v) is 2.85. The minimum Gasteiger partial charge on any atom is -0.441 e. The SMILES string of the molecule is C#C[C@]1(OC(=O)c2ccccc2)C[C@H](C)[NH+](C)C[C@H]1C. The predicted octanol–water partition coefficient (Wildman–Crippen LogP) is 1.16. The van der Waals surface area contributed by atoms with Crippen LogP contribution in [0.4, 0.5) is 0 Å². The fourth-order valence-electron chi connectivity index (χ4n) is 2.85. The Bertz CT molecular complexity index is 520. The number of piperidine rings is 1. The van der Waals surface area contributed by atoms with Gasteiger partial charge in [0.2, 0.25) is 0 Å². The molecule has 106 valence electrons. The number of esters is 1. The molecule has 1 N–H and O–H groups in total. The Labute approximate surface area is 120 Å². The lowest BCUT2D eigenvalue weighted by Crippen LogP contribution is -3.15. The average Bonchev–Trinajstić information content (AvgIpc) is 2.45. The highest BCUT2D eigenvalue weighted by molar-refractivity contribution is 5.89. The smallest absolute Gasteiger partial charge is 0.339 e. The van der Waals surface area contributed by atoms with E-state index in [1.807, 2.05) is 18.2 Å². The zero-order valence-electron chi connectivity index (χ0n) is 12.3. The van der Waals surface area contributed by atoms with Gasteiger partial charge in [0, 0.05) is 0 Å². The van der Waals surface area contributed by atoms with E-state index < -0.39 is 5.60 Å². The molecular weight excluding hydrogens is 250 g/mol. The first-order valence-electron chi connectivity index (χ1n) is 7.07. The first-order valence-corrected chi connectivity index (χ1v) is 7.07. The summed E-state index contributed by atoms with van der Waals surface area (Å²) < 4.78 is 5.76. The van der Waals surface area contributed by atoms with Gasteiger partial charge in [0.25, 0.3) is 0 Å². The molecule has 0 aliphatic carbocycles. The van der Waals surface area contributed by atoms with Crippen LogP contribution in [0.15, 0.2) is 30.3 Å². The van der Waals surface area contributed by atoms with Gasteiger partial charge in [0.05, 0.1) is 37.5 Å². The Morgan fingerprint density at radius 3 is 2.65 bits per heavy atom. The summed E-state index contributed by atoms with van der Waals surface area (Å²) in [7, 11) is 2.15. The van der Waals surface area contributed by atoms with Gasteiger partial charge in [-0.05, 0) is 19.1 Å². The van der Waals surface area contributed by atoms with Gasteiger partial charge in [-0.3, -0.25) is 0 Å². The molecule has 0 spiro atoms. The van der Waals surface area contributed by atoms with Crippen molar-refractivity contribution in [1.29, 1.82) is 0 Å². The van der Waals surface area contributed by atoms with E-state index in [9.17, 15) is 4.79 Å². The molecule has 0 saturated carbocycles. The third-order valence-electron chi connectivity index (χ3n) is 4.40. The highest BCUT2D eigenvalue weighted by Gasteiger charge is 2.47. The van der Waals surface area contributed by atoms with Crippen molar-refractivity contribution < 1.29 is 14.4 Å². The van der Waals surface area contributed by atoms with E-state index in [4.69, 9.17) is 11.2 Å². The van der Waals surface area contributed by atoms with Crippen LogP contribution in [0.1, 0.15) is 30.6 Å². The number of likely N-dealkylation sites (tertiary alicyclic amines) is 1. The number of rotatable bonds is 2. The van der Waals surface area contributed by atoms with Crippen LogP contribution in [0.25, 0.3) is 0 Å². The number of hydrogen-bond acceptors (Lipinski definition) is 2. The number of ether oxygens (including phenoxy) is 1. The van der Waals surface area contributed by atoms with E-state index >= 15 is 0 Å². The summed E-state index contributed by atoms with van der Waals surface area (Å²) in [4.78, 5) is 13.7. The van der Waals surface area contributed by atoms with Gasteiger partial charge in [0.15, 0.2) is 5.60 Å².